The summed E-state index contributed by atoms with van der Waals surface area (Å²) in [6.45, 7) is 11.4. The van der Waals surface area contributed by atoms with Crippen LogP contribution in [0.2, 0.25) is 0 Å². The van der Waals surface area contributed by atoms with Gasteiger partial charge in [-0.1, -0.05) is 19.1 Å². The van der Waals surface area contributed by atoms with Gasteiger partial charge in [-0.25, -0.2) is 4.98 Å². The fourth-order valence-corrected chi connectivity index (χ4v) is 2.35. The number of hydrogen-bond donors (Lipinski definition) is 1. The van der Waals surface area contributed by atoms with Crippen molar-refractivity contribution in [1.29, 1.82) is 0 Å². The zero-order valence-electron chi connectivity index (χ0n) is 14.2. The Kier molecular flexibility index (Phi) is 5.36. The molecule has 1 atom stereocenters. The minimum absolute atomic E-state index is 0.365. The predicted octanol–water partition coefficient (Wildman–Crippen LogP) is 4.46. The monoisotopic (exact) mass is 298 g/mol. The second-order valence-electron chi connectivity index (χ2n) is 5.73. The van der Waals surface area contributed by atoms with Crippen LogP contribution in [0, 0.1) is 13.8 Å². The molecule has 0 aliphatic rings. The standard InChI is InChI=1S/C18H26N4/c1-6-14(4)19-18-20-15(5)12-17(21-18)22(7-2)16-10-8-9-13(3)11-16/h8-12,14H,6-7H2,1-5H3,(H,19,20,21). The number of nitrogens with one attached hydrogen (secondary N) is 1. The van der Waals surface area contributed by atoms with Gasteiger partial charge in [0, 0.05) is 30.0 Å². The first-order chi connectivity index (χ1) is 10.5. The summed E-state index contributed by atoms with van der Waals surface area (Å²) >= 11 is 0. The lowest BCUT2D eigenvalue weighted by Gasteiger charge is -2.23. The van der Waals surface area contributed by atoms with Crippen molar-refractivity contribution in [3.63, 3.8) is 0 Å². The average Bonchev–Trinajstić information content (AvgIpc) is 2.47. The molecule has 118 valence electrons. The van der Waals surface area contributed by atoms with Gasteiger partial charge in [-0.2, -0.15) is 4.98 Å². The maximum absolute atomic E-state index is 4.70. The molecule has 0 saturated carbocycles. The van der Waals surface area contributed by atoms with Gasteiger partial charge in [0.25, 0.3) is 0 Å². The molecule has 0 fully saturated rings. The normalized spacial score (nSPS) is 12.0. The highest BCUT2D eigenvalue weighted by Crippen LogP contribution is 2.25. The van der Waals surface area contributed by atoms with E-state index in [1.807, 2.05) is 13.0 Å². The molecule has 0 bridgehead atoms. The Bertz CT molecular complexity index is 624. The minimum Gasteiger partial charge on any atom is -0.352 e. The van der Waals surface area contributed by atoms with Gasteiger partial charge < -0.3 is 10.2 Å². The molecule has 22 heavy (non-hydrogen) atoms. The smallest absolute Gasteiger partial charge is 0.225 e. The molecular weight excluding hydrogens is 272 g/mol. The molecule has 0 aliphatic carbocycles. The molecule has 1 heterocycles. The van der Waals surface area contributed by atoms with Crippen molar-refractivity contribution >= 4 is 17.5 Å². The van der Waals surface area contributed by atoms with Crippen molar-refractivity contribution in [2.24, 2.45) is 0 Å². The number of aryl methyl sites for hydroxylation is 2. The first kappa shape index (κ1) is 16.3. The van der Waals surface area contributed by atoms with Gasteiger partial charge in [-0.05, 0) is 51.8 Å². The van der Waals surface area contributed by atoms with Gasteiger partial charge in [0.1, 0.15) is 5.82 Å². The van der Waals surface area contributed by atoms with Crippen LogP contribution in [0.4, 0.5) is 17.5 Å². The molecule has 4 nitrogen and oxygen atoms in total. The molecule has 2 aromatic rings. The van der Waals surface area contributed by atoms with Crippen LogP contribution in [0.1, 0.15) is 38.4 Å². The Morgan fingerprint density at radius 3 is 2.55 bits per heavy atom. The highest BCUT2D eigenvalue weighted by molar-refractivity contribution is 5.61. The van der Waals surface area contributed by atoms with E-state index in [0.29, 0.717) is 12.0 Å². The molecule has 0 amide bonds. The van der Waals surface area contributed by atoms with E-state index in [4.69, 9.17) is 4.98 Å². The van der Waals surface area contributed by atoms with Crippen LogP contribution in [-0.4, -0.2) is 22.6 Å². The van der Waals surface area contributed by atoms with Crippen molar-refractivity contribution in [3.8, 4) is 0 Å². The van der Waals surface area contributed by atoms with Crippen molar-refractivity contribution in [2.45, 2.75) is 47.1 Å². The third-order valence-electron chi connectivity index (χ3n) is 3.73. The van der Waals surface area contributed by atoms with E-state index < -0.39 is 0 Å². The van der Waals surface area contributed by atoms with Gasteiger partial charge in [-0.3, -0.25) is 0 Å². The largest absolute Gasteiger partial charge is 0.352 e. The number of aromatic nitrogens is 2. The first-order valence-corrected chi connectivity index (χ1v) is 8.00. The lowest BCUT2D eigenvalue weighted by molar-refractivity contribution is 0.751. The van der Waals surface area contributed by atoms with Crippen LogP contribution >= 0.6 is 0 Å². The van der Waals surface area contributed by atoms with Crippen LogP contribution in [0.5, 0.6) is 0 Å². The van der Waals surface area contributed by atoms with Crippen LogP contribution in [0.15, 0.2) is 30.3 Å². The zero-order chi connectivity index (χ0) is 16.1. The lowest BCUT2D eigenvalue weighted by atomic mass is 10.2. The van der Waals surface area contributed by atoms with Gasteiger partial charge in [0.15, 0.2) is 0 Å². The number of rotatable bonds is 6. The van der Waals surface area contributed by atoms with Gasteiger partial charge in [0.2, 0.25) is 5.95 Å². The molecule has 1 unspecified atom stereocenters. The maximum Gasteiger partial charge on any atom is 0.225 e. The number of anilines is 3. The van der Waals surface area contributed by atoms with Crippen LogP contribution < -0.4 is 10.2 Å². The Balaban J connectivity index is 2.36. The molecule has 0 spiro atoms. The van der Waals surface area contributed by atoms with Gasteiger partial charge in [0.05, 0.1) is 0 Å². The average molecular weight is 298 g/mol. The van der Waals surface area contributed by atoms with Crippen molar-refractivity contribution in [1.82, 2.24) is 9.97 Å². The molecule has 2 rings (SSSR count). The molecule has 1 aromatic heterocycles. The van der Waals surface area contributed by atoms with E-state index in [1.165, 1.54) is 5.56 Å². The van der Waals surface area contributed by atoms with Crippen LogP contribution in [0.3, 0.4) is 0 Å². The second kappa shape index (κ2) is 7.25. The highest BCUT2D eigenvalue weighted by Gasteiger charge is 2.12. The lowest BCUT2D eigenvalue weighted by Crippen LogP contribution is -2.21. The maximum atomic E-state index is 4.70. The molecule has 0 aliphatic heterocycles. The third-order valence-corrected chi connectivity index (χ3v) is 3.73. The number of benzene rings is 1. The summed E-state index contributed by atoms with van der Waals surface area (Å²) in [6.07, 6.45) is 1.04. The summed E-state index contributed by atoms with van der Waals surface area (Å²) in [5.74, 6) is 1.64. The third kappa shape index (κ3) is 3.97. The first-order valence-electron chi connectivity index (χ1n) is 8.00. The highest BCUT2D eigenvalue weighted by atomic mass is 15.2. The Labute approximate surface area is 133 Å². The summed E-state index contributed by atoms with van der Waals surface area (Å²) in [5.41, 5.74) is 3.39. The SMILES string of the molecule is CCC(C)Nc1nc(C)cc(N(CC)c2cccc(C)c2)n1. The van der Waals surface area contributed by atoms with Crippen LogP contribution in [-0.2, 0) is 0 Å². The predicted molar refractivity (Wildman–Crippen MR) is 94.0 cm³/mol. The fraction of sp³-hybridized carbons (Fsp3) is 0.444. The van der Waals surface area contributed by atoms with E-state index in [0.717, 1.165) is 30.2 Å². The summed E-state index contributed by atoms with van der Waals surface area (Å²) in [7, 11) is 0. The molecule has 0 radical (unpaired) electrons. The Morgan fingerprint density at radius 1 is 1.14 bits per heavy atom. The fourth-order valence-electron chi connectivity index (χ4n) is 2.35. The van der Waals surface area contributed by atoms with E-state index in [-0.39, 0.29) is 0 Å². The van der Waals surface area contributed by atoms with Crippen molar-refractivity contribution in [2.75, 3.05) is 16.8 Å². The van der Waals surface area contributed by atoms with Crippen molar-refractivity contribution < 1.29 is 0 Å². The van der Waals surface area contributed by atoms with E-state index in [1.54, 1.807) is 0 Å². The van der Waals surface area contributed by atoms with Gasteiger partial charge in [-0.15, -0.1) is 0 Å². The molecular formula is C18H26N4. The van der Waals surface area contributed by atoms with E-state index >= 15 is 0 Å². The molecule has 1 aromatic carbocycles. The van der Waals surface area contributed by atoms with Gasteiger partial charge >= 0.3 is 0 Å². The minimum atomic E-state index is 0.365. The summed E-state index contributed by atoms with van der Waals surface area (Å²) in [4.78, 5) is 11.4. The summed E-state index contributed by atoms with van der Waals surface area (Å²) in [6, 6.07) is 10.9. The zero-order valence-corrected chi connectivity index (χ0v) is 14.2. The van der Waals surface area contributed by atoms with E-state index in [9.17, 15) is 0 Å². The number of hydrogen-bond acceptors (Lipinski definition) is 4. The molecule has 1 N–H and O–H groups in total. The van der Waals surface area contributed by atoms with E-state index in [2.05, 4.69) is 67.2 Å². The Hall–Kier alpha value is -2.10. The number of nitrogens with zero attached hydrogens (tertiary/aromatic N) is 3. The summed E-state index contributed by atoms with van der Waals surface area (Å²) in [5, 5.41) is 3.37. The second-order valence-corrected chi connectivity index (χ2v) is 5.73. The Morgan fingerprint density at radius 2 is 1.91 bits per heavy atom. The quantitative estimate of drug-likeness (QED) is 0.854. The topological polar surface area (TPSA) is 41.1 Å². The van der Waals surface area contributed by atoms with Crippen molar-refractivity contribution in [3.05, 3.63) is 41.6 Å². The molecule has 0 saturated heterocycles. The summed E-state index contributed by atoms with van der Waals surface area (Å²) < 4.78 is 0. The van der Waals surface area contributed by atoms with Crippen LogP contribution in [0.25, 0.3) is 0 Å². The molecule has 4 heteroatoms.